The molecule has 0 bridgehead atoms. The van der Waals surface area contributed by atoms with Gasteiger partial charge < -0.3 is 25.8 Å². The van der Waals surface area contributed by atoms with Crippen LogP contribution in [0.4, 0.5) is 10.5 Å². The molecule has 1 atom stereocenters. The first-order valence-electron chi connectivity index (χ1n) is 12.1. The second-order valence-electron chi connectivity index (χ2n) is 9.18. The van der Waals surface area contributed by atoms with Crippen molar-refractivity contribution in [1.29, 1.82) is 0 Å². The summed E-state index contributed by atoms with van der Waals surface area (Å²) in [5, 5.41) is 6.82. The van der Waals surface area contributed by atoms with Crippen molar-refractivity contribution in [1.82, 2.24) is 25.0 Å². The molecule has 2 aromatic heterocycles. The van der Waals surface area contributed by atoms with E-state index in [1.54, 1.807) is 12.3 Å². The van der Waals surface area contributed by atoms with E-state index in [1.165, 1.54) is 11.3 Å². The van der Waals surface area contributed by atoms with Gasteiger partial charge in [-0.3, -0.25) is 9.78 Å². The molecule has 3 heterocycles. The van der Waals surface area contributed by atoms with Gasteiger partial charge in [-0.25, -0.2) is 4.79 Å². The average molecular weight is 487 g/mol. The predicted octanol–water partition coefficient (Wildman–Crippen LogP) is 3.10. The summed E-state index contributed by atoms with van der Waals surface area (Å²) in [6.07, 6.45) is 3.75. The molecule has 1 unspecified atom stereocenters. The third-order valence-electron chi connectivity index (χ3n) is 6.38. The number of pyridine rings is 1. The highest BCUT2D eigenvalue weighted by Gasteiger charge is 2.18. The van der Waals surface area contributed by atoms with E-state index in [9.17, 15) is 9.59 Å². The molecule has 0 spiro atoms. The number of urea groups is 1. The fourth-order valence-corrected chi connectivity index (χ4v) is 4.61. The quantitative estimate of drug-likeness (QED) is 0.474. The maximum absolute atomic E-state index is 12.9. The number of nitrogens with two attached hydrogens (primary N) is 1. The number of aromatic nitrogens is 1. The van der Waals surface area contributed by atoms with Crippen LogP contribution in [0.1, 0.15) is 48.3 Å². The molecule has 1 aliphatic heterocycles. The number of ketones is 1. The van der Waals surface area contributed by atoms with Crippen LogP contribution in [0.2, 0.25) is 0 Å². The van der Waals surface area contributed by atoms with Crippen LogP contribution in [-0.4, -0.2) is 83.9 Å². The zero-order chi connectivity index (χ0) is 24.5. The summed E-state index contributed by atoms with van der Waals surface area (Å²) in [5.41, 5.74) is 8.72. The number of carbonyl (C=O) groups is 2. The molecule has 0 radical (unpaired) electrons. The Hall–Kier alpha value is -2.49. The van der Waals surface area contributed by atoms with E-state index in [2.05, 4.69) is 34.1 Å². The number of thiophene rings is 1. The van der Waals surface area contributed by atoms with Crippen LogP contribution in [0, 0.1) is 0 Å². The molecule has 2 amide bonds. The van der Waals surface area contributed by atoms with E-state index in [-0.39, 0.29) is 24.3 Å². The Balaban J connectivity index is 1.58. The monoisotopic (exact) mass is 486 g/mol. The number of piperazine rings is 1. The lowest BCUT2D eigenvalue weighted by Crippen LogP contribution is -2.46. The van der Waals surface area contributed by atoms with Gasteiger partial charge in [-0.2, -0.15) is 0 Å². The maximum Gasteiger partial charge on any atom is 0.317 e. The zero-order valence-electron chi connectivity index (χ0n) is 20.6. The molecule has 1 saturated heterocycles. The number of nitrogens with zero attached hydrogens (tertiary/aromatic N) is 4. The van der Waals surface area contributed by atoms with Crippen molar-refractivity contribution < 1.29 is 9.59 Å². The second kappa shape index (κ2) is 12.8. The average Bonchev–Trinajstić information content (AvgIpc) is 3.24. The van der Waals surface area contributed by atoms with Gasteiger partial charge in [0.1, 0.15) is 5.69 Å². The number of rotatable bonds is 11. The van der Waals surface area contributed by atoms with Gasteiger partial charge in [-0.05, 0) is 55.9 Å². The van der Waals surface area contributed by atoms with Crippen LogP contribution >= 0.6 is 11.3 Å². The Labute approximate surface area is 207 Å². The van der Waals surface area contributed by atoms with E-state index < -0.39 is 0 Å². The first-order chi connectivity index (χ1) is 16.4. The SMILES string of the molecule is CCC(C)NC(=O)N(CCCN1CCN(C)CC1)Cc1ccc(C(=O)Cc2cscc2N)nc1. The van der Waals surface area contributed by atoms with Crippen molar-refractivity contribution in [3.8, 4) is 0 Å². The molecule has 2 aromatic rings. The van der Waals surface area contributed by atoms with E-state index in [4.69, 9.17) is 5.73 Å². The lowest BCUT2D eigenvalue weighted by molar-refractivity contribution is 0.0988. The summed E-state index contributed by atoms with van der Waals surface area (Å²) in [4.78, 5) is 36.6. The number of Topliss-reactive ketones (excluding diaryl/α,β-unsaturated/α-hetero) is 1. The van der Waals surface area contributed by atoms with Gasteiger partial charge in [-0.15, -0.1) is 11.3 Å². The number of nitrogen functional groups attached to an aromatic ring is 1. The second-order valence-corrected chi connectivity index (χ2v) is 9.93. The third-order valence-corrected chi connectivity index (χ3v) is 7.19. The molecule has 3 N–H and O–H groups in total. The van der Waals surface area contributed by atoms with Gasteiger partial charge in [0.2, 0.25) is 0 Å². The Morgan fingerprint density at radius 3 is 2.62 bits per heavy atom. The Kier molecular flexibility index (Phi) is 9.86. The first kappa shape index (κ1) is 26.1. The van der Waals surface area contributed by atoms with Gasteiger partial charge in [0.05, 0.1) is 0 Å². The fourth-order valence-electron chi connectivity index (χ4n) is 3.86. The van der Waals surface area contributed by atoms with E-state index in [1.807, 2.05) is 28.7 Å². The first-order valence-corrected chi connectivity index (χ1v) is 13.0. The molecule has 186 valence electrons. The summed E-state index contributed by atoms with van der Waals surface area (Å²) in [7, 11) is 2.16. The molecule has 34 heavy (non-hydrogen) atoms. The summed E-state index contributed by atoms with van der Waals surface area (Å²) in [6.45, 7) is 10.5. The molecule has 1 fully saturated rings. The van der Waals surface area contributed by atoms with Gasteiger partial charge >= 0.3 is 6.03 Å². The number of hydrogen-bond donors (Lipinski definition) is 2. The van der Waals surface area contributed by atoms with Crippen molar-refractivity contribution >= 4 is 28.8 Å². The van der Waals surface area contributed by atoms with Gasteiger partial charge in [0.15, 0.2) is 5.78 Å². The van der Waals surface area contributed by atoms with Crippen molar-refractivity contribution in [2.75, 3.05) is 52.0 Å². The van der Waals surface area contributed by atoms with Crippen LogP contribution in [0.5, 0.6) is 0 Å². The molecule has 0 saturated carbocycles. The molecule has 9 heteroatoms. The Bertz CT molecular complexity index is 924. The van der Waals surface area contributed by atoms with Crippen LogP contribution in [0.3, 0.4) is 0 Å². The molecule has 8 nitrogen and oxygen atoms in total. The third kappa shape index (κ3) is 7.78. The molecular formula is C25H38N6O2S. The van der Waals surface area contributed by atoms with Crippen LogP contribution in [0.15, 0.2) is 29.1 Å². The molecule has 3 rings (SSSR count). The standard InChI is InChI=1S/C25H38N6O2S/c1-4-19(2)28-25(33)31(9-5-8-30-12-10-29(3)11-13-30)16-20-6-7-23(27-15-20)24(32)14-21-17-34-18-22(21)26/h6-7,15,17-19H,4-5,8-14,16,26H2,1-3H3,(H,28,33). The zero-order valence-corrected chi connectivity index (χ0v) is 21.4. The van der Waals surface area contributed by atoms with Crippen molar-refractivity contribution in [2.45, 2.75) is 45.7 Å². The summed E-state index contributed by atoms with van der Waals surface area (Å²) < 4.78 is 0. The minimum atomic E-state index is -0.0600. The van der Waals surface area contributed by atoms with E-state index in [0.717, 1.165) is 56.7 Å². The van der Waals surface area contributed by atoms with Crippen molar-refractivity contribution in [2.24, 2.45) is 0 Å². The highest BCUT2D eigenvalue weighted by molar-refractivity contribution is 7.08. The summed E-state index contributed by atoms with van der Waals surface area (Å²) in [5.74, 6) is -0.0600. The maximum atomic E-state index is 12.9. The van der Waals surface area contributed by atoms with Crippen molar-refractivity contribution in [3.05, 3.63) is 45.9 Å². The van der Waals surface area contributed by atoms with Crippen molar-refractivity contribution in [3.63, 3.8) is 0 Å². The van der Waals surface area contributed by atoms with Crippen LogP contribution in [0.25, 0.3) is 0 Å². The van der Waals surface area contributed by atoms with Gasteiger partial charge in [-0.1, -0.05) is 13.0 Å². The van der Waals surface area contributed by atoms with Crippen LogP contribution in [-0.2, 0) is 13.0 Å². The highest BCUT2D eigenvalue weighted by Crippen LogP contribution is 2.19. The lowest BCUT2D eigenvalue weighted by atomic mass is 10.1. The number of hydrogen-bond acceptors (Lipinski definition) is 7. The Morgan fingerprint density at radius 2 is 2.00 bits per heavy atom. The highest BCUT2D eigenvalue weighted by atomic mass is 32.1. The van der Waals surface area contributed by atoms with E-state index in [0.29, 0.717) is 24.5 Å². The summed E-state index contributed by atoms with van der Waals surface area (Å²) >= 11 is 1.49. The Morgan fingerprint density at radius 1 is 1.24 bits per heavy atom. The normalized spacial score (nSPS) is 15.7. The predicted molar refractivity (Wildman–Crippen MR) is 138 cm³/mol. The topological polar surface area (TPSA) is 94.8 Å². The minimum Gasteiger partial charge on any atom is -0.398 e. The molecular weight excluding hydrogens is 448 g/mol. The number of nitrogens with one attached hydrogen (secondary N) is 1. The smallest absolute Gasteiger partial charge is 0.317 e. The minimum absolute atomic E-state index is 0.0548. The largest absolute Gasteiger partial charge is 0.398 e. The lowest BCUT2D eigenvalue weighted by Gasteiger charge is -2.33. The summed E-state index contributed by atoms with van der Waals surface area (Å²) in [6, 6.07) is 3.70. The number of anilines is 1. The molecule has 1 aliphatic rings. The molecule has 0 aromatic carbocycles. The van der Waals surface area contributed by atoms with Crippen LogP contribution < -0.4 is 11.1 Å². The van der Waals surface area contributed by atoms with Gasteiger partial charge in [0.25, 0.3) is 0 Å². The van der Waals surface area contributed by atoms with Gasteiger partial charge in [0, 0.05) is 69.0 Å². The number of amides is 2. The number of likely N-dealkylation sites (N-methyl/N-ethyl adjacent to an activating group) is 1. The fraction of sp³-hybridized carbons (Fsp3) is 0.560. The molecule has 0 aliphatic carbocycles. The number of carbonyl (C=O) groups excluding carboxylic acids is 2. The van der Waals surface area contributed by atoms with E-state index >= 15 is 0 Å².